The van der Waals surface area contributed by atoms with Crippen molar-refractivity contribution in [1.82, 2.24) is 9.78 Å². The summed E-state index contributed by atoms with van der Waals surface area (Å²) in [7, 11) is 1.64. The highest BCUT2D eigenvalue weighted by atomic mass is 19.3. The molecular weight excluding hydrogens is 212 g/mol. The number of nitrogens with zero attached hydrogens (tertiary/aromatic N) is 2. The lowest BCUT2D eigenvalue weighted by atomic mass is 9.96. The molecule has 2 rings (SSSR count). The summed E-state index contributed by atoms with van der Waals surface area (Å²) < 4.78 is 27.0. The van der Waals surface area contributed by atoms with Gasteiger partial charge in [-0.3, -0.25) is 4.68 Å². The van der Waals surface area contributed by atoms with E-state index in [0.29, 0.717) is 5.69 Å². The highest BCUT2D eigenvalue weighted by Gasteiger charge is 2.22. The monoisotopic (exact) mass is 228 g/mol. The lowest BCUT2D eigenvalue weighted by Gasteiger charge is -2.21. The summed E-state index contributed by atoms with van der Waals surface area (Å²) in [6.07, 6.45) is 5.50. The van der Waals surface area contributed by atoms with E-state index in [-0.39, 0.29) is 11.7 Å². The minimum Gasteiger partial charge on any atom is -0.385 e. The first-order valence-electron chi connectivity index (χ1n) is 5.59. The van der Waals surface area contributed by atoms with Crippen molar-refractivity contribution < 1.29 is 8.78 Å². The Morgan fingerprint density at radius 3 is 2.62 bits per heavy atom. The summed E-state index contributed by atoms with van der Waals surface area (Å²) in [6, 6.07) is 0.268. The maximum absolute atomic E-state index is 12.7. The van der Waals surface area contributed by atoms with Crippen LogP contribution in [0.3, 0.4) is 0 Å². The Kier molecular flexibility index (Phi) is 3.41. The van der Waals surface area contributed by atoms with Gasteiger partial charge in [0, 0.05) is 13.2 Å². The van der Waals surface area contributed by atoms with Crippen LogP contribution in [0.25, 0.3) is 0 Å². The predicted molar refractivity (Wildman–Crippen MR) is 58.5 cm³/mol. The number of hydrogen-bond acceptors (Lipinski definition) is 2. The molecule has 0 spiro atoms. The van der Waals surface area contributed by atoms with Crippen molar-refractivity contribution in [1.29, 1.82) is 0 Å². The van der Waals surface area contributed by atoms with E-state index in [1.807, 2.05) is 0 Å². The predicted octanol–water partition coefficient (Wildman–Crippen LogP) is 3.18. The van der Waals surface area contributed by atoms with E-state index in [9.17, 15) is 8.78 Å². The summed E-state index contributed by atoms with van der Waals surface area (Å²) in [5.41, 5.74) is 0.293. The molecule has 1 aromatic rings. The van der Waals surface area contributed by atoms with Gasteiger partial charge < -0.3 is 5.32 Å². The van der Waals surface area contributed by atoms with E-state index in [0.717, 1.165) is 25.7 Å². The minimum atomic E-state index is -2.51. The van der Waals surface area contributed by atoms with Gasteiger partial charge in [0.2, 0.25) is 0 Å². The van der Waals surface area contributed by atoms with Crippen molar-refractivity contribution in [2.75, 3.05) is 12.4 Å². The number of hydrogen-bond donors (Lipinski definition) is 1. The summed E-state index contributed by atoms with van der Waals surface area (Å²) in [5, 5.41) is 6.76. The van der Waals surface area contributed by atoms with Crippen molar-refractivity contribution in [3.8, 4) is 0 Å². The molecule has 5 heteroatoms. The van der Waals surface area contributed by atoms with Crippen molar-refractivity contribution >= 4 is 5.69 Å². The molecule has 3 nitrogen and oxygen atoms in total. The van der Waals surface area contributed by atoms with Crippen LogP contribution in [0.15, 0.2) is 6.20 Å². The van der Waals surface area contributed by atoms with Crippen molar-refractivity contribution in [2.45, 2.75) is 38.2 Å². The Morgan fingerprint density at radius 2 is 2.12 bits per heavy atom. The van der Waals surface area contributed by atoms with Crippen LogP contribution in [-0.4, -0.2) is 16.8 Å². The van der Waals surface area contributed by atoms with Gasteiger partial charge in [-0.1, -0.05) is 0 Å². The Morgan fingerprint density at radius 1 is 1.44 bits per heavy atom. The first-order valence-corrected chi connectivity index (χ1v) is 5.59. The quantitative estimate of drug-likeness (QED) is 0.861. The van der Waals surface area contributed by atoms with Crippen LogP contribution in [0.2, 0.25) is 0 Å². The third-order valence-corrected chi connectivity index (χ3v) is 3.02. The van der Waals surface area contributed by atoms with Gasteiger partial charge in [0.1, 0.15) is 0 Å². The third kappa shape index (κ3) is 2.18. The van der Waals surface area contributed by atoms with Gasteiger partial charge in [-0.05, 0) is 32.1 Å². The number of aromatic nitrogens is 2. The van der Waals surface area contributed by atoms with Gasteiger partial charge >= 0.3 is 0 Å². The SMILES string of the molecule is CNc1cn(C2CC[CH]CC2)nc1C(F)F. The van der Waals surface area contributed by atoms with E-state index >= 15 is 0 Å². The number of halogens is 2. The molecule has 1 saturated carbocycles. The van der Waals surface area contributed by atoms with Gasteiger partial charge in [-0.15, -0.1) is 0 Å². The fraction of sp³-hybridized carbons (Fsp3) is 0.636. The zero-order valence-corrected chi connectivity index (χ0v) is 9.29. The molecule has 89 valence electrons. The van der Waals surface area contributed by atoms with Gasteiger partial charge in [0.05, 0.1) is 11.7 Å². The van der Waals surface area contributed by atoms with Gasteiger partial charge in [0.25, 0.3) is 6.43 Å². The van der Waals surface area contributed by atoms with E-state index in [1.54, 1.807) is 17.9 Å². The normalized spacial score (nSPS) is 18.0. The molecule has 1 heterocycles. The highest BCUT2D eigenvalue weighted by molar-refractivity contribution is 5.46. The van der Waals surface area contributed by atoms with Gasteiger partial charge in [-0.2, -0.15) is 5.10 Å². The molecule has 0 aromatic carbocycles. The number of anilines is 1. The topological polar surface area (TPSA) is 29.9 Å². The smallest absolute Gasteiger partial charge is 0.284 e. The van der Waals surface area contributed by atoms with Crippen LogP contribution >= 0.6 is 0 Å². The number of alkyl halides is 2. The van der Waals surface area contributed by atoms with E-state index in [1.165, 1.54) is 0 Å². The second-order valence-electron chi connectivity index (χ2n) is 4.06. The van der Waals surface area contributed by atoms with Crippen LogP contribution in [0.4, 0.5) is 14.5 Å². The average molecular weight is 228 g/mol. The molecule has 0 saturated heterocycles. The summed E-state index contributed by atoms with van der Waals surface area (Å²) in [6.45, 7) is 0. The zero-order valence-electron chi connectivity index (χ0n) is 9.29. The summed E-state index contributed by atoms with van der Waals surface area (Å²) >= 11 is 0. The Bertz CT molecular complexity index is 343. The summed E-state index contributed by atoms with van der Waals surface area (Å²) in [5.74, 6) is 0. The molecule has 1 aliphatic carbocycles. The zero-order chi connectivity index (χ0) is 11.5. The Labute approximate surface area is 93.8 Å². The molecule has 0 amide bonds. The average Bonchev–Trinajstić information content (AvgIpc) is 2.74. The molecule has 16 heavy (non-hydrogen) atoms. The molecule has 1 radical (unpaired) electrons. The maximum atomic E-state index is 12.7. The molecule has 1 N–H and O–H groups in total. The largest absolute Gasteiger partial charge is 0.385 e. The Hall–Kier alpha value is -1.13. The second kappa shape index (κ2) is 4.80. The minimum absolute atomic E-state index is 0.142. The molecule has 1 aliphatic rings. The maximum Gasteiger partial charge on any atom is 0.284 e. The molecule has 1 fully saturated rings. The standard InChI is InChI=1S/C11H16F2N3/c1-14-9-7-16(15-10(9)11(12)13)8-5-3-2-4-6-8/h2,7-8,11,14H,3-6H2,1H3. The Balaban J connectivity index is 2.20. The first-order chi connectivity index (χ1) is 7.72. The van der Waals surface area contributed by atoms with Crippen LogP contribution in [0, 0.1) is 6.42 Å². The van der Waals surface area contributed by atoms with Crippen molar-refractivity contribution in [3.63, 3.8) is 0 Å². The molecule has 1 aromatic heterocycles. The molecule has 0 aliphatic heterocycles. The fourth-order valence-corrected chi connectivity index (χ4v) is 2.12. The molecule has 0 bridgehead atoms. The van der Waals surface area contributed by atoms with Crippen LogP contribution in [0.1, 0.15) is 43.8 Å². The number of rotatable bonds is 3. The third-order valence-electron chi connectivity index (χ3n) is 3.02. The van der Waals surface area contributed by atoms with Crippen LogP contribution < -0.4 is 5.32 Å². The van der Waals surface area contributed by atoms with Crippen molar-refractivity contribution in [2.24, 2.45) is 0 Å². The fourth-order valence-electron chi connectivity index (χ4n) is 2.12. The molecular formula is C11H16F2N3. The van der Waals surface area contributed by atoms with E-state index in [2.05, 4.69) is 16.8 Å². The van der Waals surface area contributed by atoms with Gasteiger partial charge in [-0.25, -0.2) is 8.78 Å². The lowest BCUT2D eigenvalue weighted by molar-refractivity contribution is 0.145. The van der Waals surface area contributed by atoms with E-state index < -0.39 is 6.43 Å². The molecule has 0 atom stereocenters. The van der Waals surface area contributed by atoms with E-state index in [4.69, 9.17) is 0 Å². The number of nitrogens with one attached hydrogen (secondary N) is 1. The lowest BCUT2D eigenvalue weighted by Crippen LogP contribution is -2.13. The second-order valence-corrected chi connectivity index (χ2v) is 4.06. The first kappa shape index (κ1) is 11.4. The molecule has 0 unspecified atom stereocenters. The summed E-state index contributed by atoms with van der Waals surface area (Å²) in [4.78, 5) is 0. The van der Waals surface area contributed by atoms with Crippen LogP contribution in [-0.2, 0) is 0 Å². The highest BCUT2D eigenvalue weighted by Crippen LogP contribution is 2.31. The van der Waals surface area contributed by atoms with Crippen LogP contribution in [0.5, 0.6) is 0 Å². The van der Waals surface area contributed by atoms with Crippen molar-refractivity contribution in [3.05, 3.63) is 18.3 Å². The van der Waals surface area contributed by atoms with Gasteiger partial charge in [0.15, 0.2) is 5.69 Å².